The van der Waals surface area contributed by atoms with Gasteiger partial charge in [-0.1, -0.05) is 38.1 Å². The number of aliphatic hydroxyl groups is 1. The molecule has 0 aliphatic carbocycles. The van der Waals surface area contributed by atoms with Crippen molar-refractivity contribution in [3.05, 3.63) is 53.6 Å². The molecule has 0 aliphatic heterocycles. The fourth-order valence-electron chi connectivity index (χ4n) is 2.05. The maximum Gasteiger partial charge on any atom is 0.137 e. The van der Waals surface area contributed by atoms with Gasteiger partial charge in [0, 0.05) is 25.9 Å². The van der Waals surface area contributed by atoms with E-state index in [0.29, 0.717) is 18.2 Å². The highest BCUT2D eigenvalue weighted by Gasteiger charge is 2.13. The average molecular weight is 244 g/mol. The second-order valence-electron chi connectivity index (χ2n) is 5.01. The molecule has 1 atom stereocenters. The standard InChI is InChI=1S/C15H20N2O/c1-11(2)13-6-4-12(5-7-13)10-14(18)15-16-8-9-17(15)3/h4-9,11,14,18H,10H2,1-3H3. The summed E-state index contributed by atoms with van der Waals surface area (Å²) in [6.45, 7) is 4.36. The summed E-state index contributed by atoms with van der Waals surface area (Å²) >= 11 is 0. The van der Waals surface area contributed by atoms with Gasteiger partial charge in [0.05, 0.1) is 0 Å². The molecule has 1 aromatic carbocycles. The molecule has 1 unspecified atom stereocenters. The lowest BCUT2D eigenvalue weighted by Gasteiger charge is -2.12. The largest absolute Gasteiger partial charge is 0.385 e. The second-order valence-corrected chi connectivity index (χ2v) is 5.01. The summed E-state index contributed by atoms with van der Waals surface area (Å²) in [6.07, 6.45) is 3.61. The van der Waals surface area contributed by atoms with E-state index in [-0.39, 0.29) is 0 Å². The number of hydrogen-bond acceptors (Lipinski definition) is 2. The van der Waals surface area contributed by atoms with Crippen molar-refractivity contribution in [2.24, 2.45) is 7.05 Å². The Morgan fingerprint density at radius 3 is 2.39 bits per heavy atom. The zero-order valence-corrected chi connectivity index (χ0v) is 11.2. The third-order valence-electron chi connectivity index (χ3n) is 3.23. The van der Waals surface area contributed by atoms with Crippen LogP contribution in [0.1, 0.15) is 42.8 Å². The maximum atomic E-state index is 10.1. The van der Waals surface area contributed by atoms with Gasteiger partial charge in [0.1, 0.15) is 11.9 Å². The van der Waals surface area contributed by atoms with Gasteiger partial charge in [-0.25, -0.2) is 4.98 Å². The summed E-state index contributed by atoms with van der Waals surface area (Å²) in [5.74, 6) is 1.25. The van der Waals surface area contributed by atoms with E-state index in [0.717, 1.165) is 5.56 Å². The lowest BCUT2D eigenvalue weighted by molar-refractivity contribution is 0.165. The van der Waals surface area contributed by atoms with Crippen LogP contribution in [-0.4, -0.2) is 14.7 Å². The highest BCUT2D eigenvalue weighted by atomic mass is 16.3. The summed E-state index contributed by atoms with van der Waals surface area (Å²) in [6, 6.07) is 8.43. The van der Waals surface area contributed by atoms with Crippen LogP contribution in [0.3, 0.4) is 0 Å². The Balaban J connectivity index is 2.08. The zero-order valence-electron chi connectivity index (χ0n) is 11.2. The molecule has 3 nitrogen and oxygen atoms in total. The third-order valence-corrected chi connectivity index (χ3v) is 3.23. The van der Waals surface area contributed by atoms with Crippen LogP contribution >= 0.6 is 0 Å². The van der Waals surface area contributed by atoms with Crippen molar-refractivity contribution in [3.63, 3.8) is 0 Å². The predicted octanol–water partition coefficient (Wildman–Crippen LogP) is 2.82. The molecule has 0 saturated heterocycles. The van der Waals surface area contributed by atoms with Gasteiger partial charge in [-0.05, 0) is 17.0 Å². The Morgan fingerprint density at radius 2 is 1.89 bits per heavy atom. The minimum Gasteiger partial charge on any atom is -0.385 e. The molecule has 0 aliphatic rings. The molecule has 3 heteroatoms. The molecule has 0 radical (unpaired) electrons. The maximum absolute atomic E-state index is 10.1. The van der Waals surface area contributed by atoms with Gasteiger partial charge in [-0.2, -0.15) is 0 Å². The van der Waals surface area contributed by atoms with Gasteiger partial charge in [0.25, 0.3) is 0 Å². The summed E-state index contributed by atoms with van der Waals surface area (Å²) < 4.78 is 1.85. The van der Waals surface area contributed by atoms with E-state index in [1.807, 2.05) is 17.8 Å². The lowest BCUT2D eigenvalue weighted by atomic mass is 9.99. The monoisotopic (exact) mass is 244 g/mol. The van der Waals surface area contributed by atoms with E-state index in [1.165, 1.54) is 5.56 Å². The first-order valence-electron chi connectivity index (χ1n) is 6.32. The fraction of sp³-hybridized carbons (Fsp3) is 0.400. The number of benzene rings is 1. The van der Waals surface area contributed by atoms with Crippen LogP contribution in [0, 0.1) is 0 Å². The number of aryl methyl sites for hydroxylation is 1. The minimum absolute atomic E-state index is 0.540. The Morgan fingerprint density at radius 1 is 1.22 bits per heavy atom. The van der Waals surface area contributed by atoms with E-state index >= 15 is 0 Å². The van der Waals surface area contributed by atoms with Crippen LogP contribution in [0.2, 0.25) is 0 Å². The van der Waals surface area contributed by atoms with Gasteiger partial charge in [-0.3, -0.25) is 0 Å². The average Bonchev–Trinajstić information content (AvgIpc) is 2.76. The Labute approximate surface area is 108 Å². The number of aliphatic hydroxyl groups excluding tert-OH is 1. The van der Waals surface area contributed by atoms with Crippen molar-refractivity contribution in [2.75, 3.05) is 0 Å². The number of nitrogens with zero attached hydrogens (tertiary/aromatic N) is 2. The van der Waals surface area contributed by atoms with Crippen molar-refractivity contribution in [2.45, 2.75) is 32.3 Å². The second kappa shape index (κ2) is 5.36. The van der Waals surface area contributed by atoms with Gasteiger partial charge < -0.3 is 9.67 Å². The SMILES string of the molecule is CC(C)c1ccc(CC(O)c2nccn2C)cc1. The molecule has 0 bridgehead atoms. The van der Waals surface area contributed by atoms with Crippen molar-refractivity contribution < 1.29 is 5.11 Å². The molecule has 0 fully saturated rings. The highest BCUT2D eigenvalue weighted by Crippen LogP contribution is 2.19. The number of imidazole rings is 1. The van der Waals surface area contributed by atoms with E-state index in [1.54, 1.807) is 6.20 Å². The Hall–Kier alpha value is -1.61. The summed E-state index contributed by atoms with van der Waals surface area (Å²) in [5.41, 5.74) is 2.46. The first kappa shape index (κ1) is 12.8. The van der Waals surface area contributed by atoms with Crippen molar-refractivity contribution in [1.29, 1.82) is 0 Å². The molecular formula is C15H20N2O. The van der Waals surface area contributed by atoms with E-state index < -0.39 is 6.10 Å². The molecule has 1 N–H and O–H groups in total. The van der Waals surface area contributed by atoms with Crippen molar-refractivity contribution in [3.8, 4) is 0 Å². The quantitative estimate of drug-likeness (QED) is 0.898. The topological polar surface area (TPSA) is 38.1 Å². The zero-order chi connectivity index (χ0) is 13.1. The first-order valence-corrected chi connectivity index (χ1v) is 6.32. The van der Waals surface area contributed by atoms with Gasteiger partial charge >= 0.3 is 0 Å². The normalized spacial score (nSPS) is 12.9. The van der Waals surface area contributed by atoms with E-state index in [4.69, 9.17) is 0 Å². The summed E-state index contributed by atoms with van der Waals surface area (Å²) in [7, 11) is 1.90. The lowest BCUT2D eigenvalue weighted by Crippen LogP contribution is -2.08. The molecule has 1 aromatic heterocycles. The molecule has 0 saturated carbocycles. The summed E-state index contributed by atoms with van der Waals surface area (Å²) in [5, 5.41) is 10.1. The van der Waals surface area contributed by atoms with Crippen molar-refractivity contribution in [1.82, 2.24) is 9.55 Å². The van der Waals surface area contributed by atoms with Crippen LogP contribution in [0.5, 0.6) is 0 Å². The van der Waals surface area contributed by atoms with Crippen molar-refractivity contribution >= 4 is 0 Å². The third kappa shape index (κ3) is 2.79. The number of rotatable bonds is 4. The molecule has 2 aromatic rings. The van der Waals surface area contributed by atoms with Crippen LogP contribution in [0.15, 0.2) is 36.7 Å². The fourth-order valence-corrected chi connectivity index (χ4v) is 2.05. The van der Waals surface area contributed by atoms with Crippen LogP contribution in [0.4, 0.5) is 0 Å². The summed E-state index contributed by atoms with van der Waals surface area (Å²) in [4.78, 5) is 4.17. The molecule has 0 spiro atoms. The minimum atomic E-state index is -0.546. The Kier molecular flexibility index (Phi) is 3.82. The molecule has 2 rings (SSSR count). The van der Waals surface area contributed by atoms with E-state index in [9.17, 15) is 5.11 Å². The smallest absolute Gasteiger partial charge is 0.137 e. The Bertz CT molecular complexity index is 499. The van der Waals surface area contributed by atoms with Gasteiger partial charge in [-0.15, -0.1) is 0 Å². The molecular weight excluding hydrogens is 224 g/mol. The van der Waals surface area contributed by atoms with E-state index in [2.05, 4.69) is 43.1 Å². The number of hydrogen-bond donors (Lipinski definition) is 1. The van der Waals surface area contributed by atoms with Crippen LogP contribution < -0.4 is 0 Å². The molecule has 0 amide bonds. The first-order chi connectivity index (χ1) is 8.58. The molecule has 1 heterocycles. The number of aromatic nitrogens is 2. The molecule has 96 valence electrons. The van der Waals surface area contributed by atoms with Crippen LogP contribution in [0.25, 0.3) is 0 Å². The van der Waals surface area contributed by atoms with Gasteiger partial charge in [0.15, 0.2) is 0 Å². The van der Waals surface area contributed by atoms with Gasteiger partial charge in [0.2, 0.25) is 0 Å². The predicted molar refractivity (Wildman–Crippen MR) is 72.4 cm³/mol. The van der Waals surface area contributed by atoms with Crippen LogP contribution in [-0.2, 0) is 13.5 Å². The molecule has 18 heavy (non-hydrogen) atoms. The highest BCUT2D eigenvalue weighted by molar-refractivity contribution is 5.25.